The number of halogens is 2. The minimum atomic E-state index is -0.217. The zero-order valence-electron chi connectivity index (χ0n) is 9.92. The summed E-state index contributed by atoms with van der Waals surface area (Å²) in [6, 6.07) is 6.27. The molecule has 0 amide bonds. The molecule has 1 aliphatic carbocycles. The largest absolute Gasteiger partial charge is 0.493 e. The fourth-order valence-corrected chi connectivity index (χ4v) is 3.11. The van der Waals surface area contributed by atoms with Gasteiger partial charge in [-0.3, -0.25) is 0 Å². The maximum absolute atomic E-state index is 12.8. The number of hydrogen-bond donors (Lipinski definition) is 0. The van der Waals surface area contributed by atoms with Crippen LogP contribution in [-0.2, 0) is 0 Å². The predicted octanol–water partition coefficient (Wildman–Crippen LogP) is 4.55. The van der Waals surface area contributed by atoms with E-state index in [0.717, 1.165) is 17.7 Å². The molecule has 94 valence electrons. The van der Waals surface area contributed by atoms with Crippen LogP contribution in [0.1, 0.15) is 32.1 Å². The Labute approximate surface area is 110 Å². The van der Waals surface area contributed by atoms with Gasteiger partial charge in [0.15, 0.2) is 0 Å². The summed E-state index contributed by atoms with van der Waals surface area (Å²) in [5.74, 6) is 0.544. The van der Waals surface area contributed by atoms with Gasteiger partial charge in [0.1, 0.15) is 11.6 Å². The van der Waals surface area contributed by atoms with E-state index in [1.807, 2.05) is 0 Å². The Morgan fingerprint density at radius 2 is 1.76 bits per heavy atom. The van der Waals surface area contributed by atoms with E-state index in [1.165, 1.54) is 44.2 Å². The van der Waals surface area contributed by atoms with E-state index in [-0.39, 0.29) is 11.2 Å². The molecule has 1 aliphatic rings. The van der Waals surface area contributed by atoms with Crippen molar-refractivity contribution in [3.8, 4) is 5.75 Å². The fourth-order valence-electron chi connectivity index (χ4n) is 2.39. The van der Waals surface area contributed by atoms with E-state index >= 15 is 0 Å². The van der Waals surface area contributed by atoms with Gasteiger partial charge in [-0.25, -0.2) is 4.39 Å². The summed E-state index contributed by atoms with van der Waals surface area (Å²) < 4.78 is 18.6. The summed E-state index contributed by atoms with van der Waals surface area (Å²) in [5, 5.41) is 0.987. The van der Waals surface area contributed by atoms with E-state index in [2.05, 4.69) is 15.9 Å². The summed E-state index contributed by atoms with van der Waals surface area (Å²) in [4.78, 5) is 0. The zero-order valence-corrected chi connectivity index (χ0v) is 11.5. The minimum absolute atomic E-state index is 0.217. The van der Waals surface area contributed by atoms with Crippen molar-refractivity contribution < 1.29 is 9.13 Å². The monoisotopic (exact) mass is 300 g/mol. The molecule has 17 heavy (non-hydrogen) atoms. The third-order valence-electron chi connectivity index (χ3n) is 3.56. The van der Waals surface area contributed by atoms with Gasteiger partial charge in [0.25, 0.3) is 0 Å². The molecule has 1 aromatic rings. The first kappa shape index (κ1) is 12.9. The van der Waals surface area contributed by atoms with Crippen molar-refractivity contribution in [1.82, 2.24) is 0 Å². The first-order chi connectivity index (χ1) is 8.24. The Morgan fingerprint density at radius 3 is 2.35 bits per heavy atom. The zero-order chi connectivity index (χ0) is 12.1. The third kappa shape index (κ3) is 3.44. The molecule has 0 radical (unpaired) electrons. The van der Waals surface area contributed by atoms with Gasteiger partial charge in [0, 0.05) is 10.7 Å². The predicted molar refractivity (Wildman–Crippen MR) is 71.2 cm³/mol. The molecule has 0 heterocycles. The topological polar surface area (TPSA) is 9.23 Å². The Hall–Kier alpha value is -0.570. The molecular formula is C14H18BrFO. The van der Waals surface area contributed by atoms with Gasteiger partial charge in [-0.05, 0) is 37.1 Å². The lowest BCUT2D eigenvalue weighted by molar-refractivity contribution is 0.122. The van der Waals surface area contributed by atoms with Crippen LogP contribution in [0.3, 0.4) is 0 Å². The summed E-state index contributed by atoms with van der Waals surface area (Å²) in [6.45, 7) is 0.726. The highest BCUT2D eigenvalue weighted by Gasteiger charge is 2.31. The fraction of sp³-hybridized carbons (Fsp3) is 0.571. The van der Waals surface area contributed by atoms with Crippen LogP contribution in [0.25, 0.3) is 0 Å². The molecule has 0 spiro atoms. The van der Waals surface area contributed by atoms with Crippen LogP contribution in [-0.4, -0.2) is 11.9 Å². The molecule has 0 aliphatic heterocycles. The third-order valence-corrected chi connectivity index (χ3v) is 4.75. The van der Waals surface area contributed by atoms with Gasteiger partial charge in [-0.2, -0.15) is 0 Å². The summed E-state index contributed by atoms with van der Waals surface area (Å²) in [7, 11) is 0. The van der Waals surface area contributed by atoms with Crippen LogP contribution in [0.15, 0.2) is 24.3 Å². The van der Waals surface area contributed by atoms with Gasteiger partial charge in [0.2, 0.25) is 0 Å². The first-order valence-electron chi connectivity index (χ1n) is 6.18. The number of ether oxygens (including phenoxy) is 1. The summed E-state index contributed by atoms with van der Waals surface area (Å²) in [5.41, 5.74) is 0.270. The first-order valence-corrected chi connectivity index (χ1v) is 7.31. The molecule has 1 saturated carbocycles. The van der Waals surface area contributed by atoms with Crippen molar-refractivity contribution in [2.24, 2.45) is 5.41 Å². The molecule has 0 bridgehead atoms. The van der Waals surface area contributed by atoms with E-state index in [4.69, 9.17) is 4.74 Å². The van der Waals surface area contributed by atoms with Gasteiger partial charge in [-0.1, -0.05) is 35.2 Å². The lowest BCUT2D eigenvalue weighted by atomic mass is 9.76. The highest BCUT2D eigenvalue weighted by Crippen LogP contribution is 2.38. The second-order valence-electron chi connectivity index (χ2n) is 4.94. The van der Waals surface area contributed by atoms with Crippen LogP contribution >= 0.6 is 15.9 Å². The SMILES string of the molecule is Fc1ccc(OCC2(CBr)CCCCC2)cc1. The molecular weight excluding hydrogens is 283 g/mol. The Balaban J connectivity index is 1.93. The van der Waals surface area contributed by atoms with Gasteiger partial charge >= 0.3 is 0 Å². The van der Waals surface area contributed by atoms with Crippen molar-refractivity contribution in [2.45, 2.75) is 32.1 Å². The number of rotatable bonds is 4. The second-order valence-corrected chi connectivity index (χ2v) is 5.50. The lowest BCUT2D eigenvalue weighted by Gasteiger charge is -2.35. The average Bonchev–Trinajstić information content (AvgIpc) is 2.39. The second kappa shape index (κ2) is 5.85. The molecule has 2 rings (SSSR count). The van der Waals surface area contributed by atoms with Crippen molar-refractivity contribution in [2.75, 3.05) is 11.9 Å². The van der Waals surface area contributed by atoms with E-state index in [9.17, 15) is 4.39 Å². The smallest absolute Gasteiger partial charge is 0.123 e. The quantitative estimate of drug-likeness (QED) is 0.741. The maximum Gasteiger partial charge on any atom is 0.123 e. The maximum atomic E-state index is 12.8. The molecule has 1 fully saturated rings. The summed E-state index contributed by atoms with van der Waals surface area (Å²) >= 11 is 3.61. The molecule has 0 atom stereocenters. The lowest BCUT2D eigenvalue weighted by Crippen LogP contribution is -2.32. The number of alkyl halides is 1. The molecule has 1 aromatic carbocycles. The van der Waals surface area contributed by atoms with Crippen LogP contribution in [0, 0.1) is 11.2 Å². The Kier molecular flexibility index (Phi) is 4.43. The number of hydrogen-bond acceptors (Lipinski definition) is 1. The standard InChI is InChI=1S/C14H18BrFO/c15-10-14(8-2-1-3-9-14)11-17-13-6-4-12(16)5-7-13/h4-7H,1-3,8-11H2. The van der Waals surface area contributed by atoms with E-state index < -0.39 is 0 Å². The van der Waals surface area contributed by atoms with Crippen molar-refractivity contribution >= 4 is 15.9 Å². The normalized spacial score (nSPS) is 18.9. The minimum Gasteiger partial charge on any atom is -0.493 e. The van der Waals surface area contributed by atoms with Crippen molar-refractivity contribution in [1.29, 1.82) is 0 Å². The van der Waals surface area contributed by atoms with Crippen LogP contribution in [0.4, 0.5) is 4.39 Å². The molecule has 1 nitrogen and oxygen atoms in total. The molecule has 0 N–H and O–H groups in total. The molecule has 0 saturated heterocycles. The molecule has 3 heteroatoms. The van der Waals surface area contributed by atoms with Crippen LogP contribution in [0.2, 0.25) is 0 Å². The number of benzene rings is 1. The van der Waals surface area contributed by atoms with Crippen LogP contribution < -0.4 is 4.74 Å². The molecule has 0 unspecified atom stereocenters. The van der Waals surface area contributed by atoms with E-state index in [1.54, 1.807) is 12.1 Å². The van der Waals surface area contributed by atoms with Crippen molar-refractivity contribution in [3.05, 3.63) is 30.1 Å². The average molecular weight is 301 g/mol. The highest BCUT2D eigenvalue weighted by atomic mass is 79.9. The van der Waals surface area contributed by atoms with Crippen molar-refractivity contribution in [3.63, 3.8) is 0 Å². The van der Waals surface area contributed by atoms with Gasteiger partial charge in [0.05, 0.1) is 6.61 Å². The summed E-state index contributed by atoms with van der Waals surface area (Å²) in [6.07, 6.45) is 6.36. The Bertz CT molecular complexity index is 344. The highest BCUT2D eigenvalue weighted by molar-refractivity contribution is 9.09. The Morgan fingerprint density at radius 1 is 1.12 bits per heavy atom. The van der Waals surface area contributed by atoms with E-state index in [0.29, 0.717) is 0 Å². The molecule has 0 aromatic heterocycles. The van der Waals surface area contributed by atoms with Gasteiger partial charge in [-0.15, -0.1) is 0 Å². The van der Waals surface area contributed by atoms with Crippen LogP contribution in [0.5, 0.6) is 5.75 Å². The van der Waals surface area contributed by atoms with Gasteiger partial charge < -0.3 is 4.74 Å².